The summed E-state index contributed by atoms with van der Waals surface area (Å²) < 4.78 is 0. The number of piperidine rings is 1. The van der Waals surface area contributed by atoms with Crippen molar-refractivity contribution in [3.63, 3.8) is 0 Å². The summed E-state index contributed by atoms with van der Waals surface area (Å²) in [7, 11) is 0. The van der Waals surface area contributed by atoms with Crippen molar-refractivity contribution in [3.8, 4) is 6.07 Å². The van der Waals surface area contributed by atoms with E-state index in [4.69, 9.17) is 5.26 Å². The maximum Gasteiger partial charge on any atom is 0.0991 e. The van der Waals surface area contributed by atoms with E-state index in [1.54, 1.807) is 0 Å². The number of nitrogens with zero attached hydrogens (tertiary/aromatic N) is 2. The van der Waals surface area contributed by atoms with Crippen LogP contribution in [0.4, 0.5) is 0 Å². The highest BCUT2D eigenvalue weighted by molar-refractivity contribution is 7.98. The minimum atomic E-state index is 0.595. The minimum Gasteiger partial charge on any atom is -0.371 e. The molecular weight excluding hydrogens is 348 g/mol. The number of hydrogen-bond donors (Lipinski definition) is 0. The maximum atomic E-state index is 8.98. The van der Waals surface area contributed by atoms with Gasteiger partial charge in [0, 0.05) is 23.7 Å². The lowest BCUT2D eigenvalue weighted by Gasteiger charge is -2.36. The van der Waals surface area contributed by atoms with Crippen LogP contribution in [-0.4, -0.2) is 24.2 Å². The fourth-order valence-corrected chi connectivity index (χ4v) is 4.53. The van der Waals surface area contributed by atoms with Crippen LogP contribution >= 0.6 is 11.8 Å². The van der Waals surface area contributed by atoms with Crippen molar-refractivity contribution >= 4 is 17.5 Å². The van der Waals surface area contributed by atoms with Crippen LogP contribution in [0.2, 0.25) is 0 Å². The quantitative estimate of drug-likeness (QED) is 0.580. The third-order valence-electron chi connectivity index (χ3n) is 5.43. The van der Waals surface area contributed by atoms with Gasteiger partial charge in [-0.2, -0.15) is 5.26 Å². The SMILES string of the molecule is CCC=C(c1ccc(SC)c(C)c1)N1CCC(c2ccc(C#N)cc2)CC1. The van der Waals surface area contributed by atoms with Crippen molar-refractivity contribution in [2.24, 2.45) is 0 Å². The van der Waals surface area contributed by atoms with E-state index in [0.29, 0.717) is 5.92 Å². The van der Waals surface area contributed by atoms with Crippen molar-refractivity contribution in [3.05, 3.63) is 70.8 Å². The molecule has 3 rings (SSSR count). The van der Waals surface area contributed by atoms with E-state index in [-0.39, 0.29) is 0 Å². The van der Waals surface area contributed by atoms with E-state index >= 15 is 0 Å². The third-order valence-corrected chi connectivity index (χ3v) is 6.33. The van der Waals surface area contributed by atoms with Gasteiger partial charge in [0.15, 0.2) is 0 Å². The zero-order valence-corrected chi connectivity index (χ0v) is 17.4. The zero-order valence-electron chi connectivity index (χ0n) is 16.5. The molecule has 0 amide bonds. The lowest BCUT2D eigenvalue weighted by Crippen LogP contribution is -2.31. The Labute approximate surface area is 167 Å². The molecule has 0 N–H and O–H groups in total. The van der Waals surface area contributed by atoms with Crippen LogP contribution in [0.5, 0.6) is 0 Å². The molecule has 2 nitrogen and oxygen atoms in total. The highest BCUT2D eigenvalue weighted by Crippen LogP contribution is 2.33. The number of hydrogen-bond acceptors (Lipinski definition) is 3. The molecule has 2 aromatic carbocycles. The Bertz CT molecular complexity index is 838. The Balaban J connectivity index is 1.73. The van der Waals surface area contributed by atoms with E-state index in [1.165, 1.54) is 27.3 Å². The van der Waals surface area contributed by atoms with Crippen LogP contribution in [0.15, 0.2) is 53.4 Å². The van der Waals surface area contributed by atoms with Gasteiger partial charge in [0.25, 0.3) is 0 Å². The average Bonchev–Trinajstić information content (AvgIpc) is 2.72. The minimum absolute atomic E-state index is 0.595. The van der Waals surface area contributed by atoms with Crippen molar-refractivity contribution < 1.29 is 0 Å². The first kappa shape index (κ1) is 19.6. The van der Waals surface area contributed by atoms with Gasteiger partial charge < -0.3 is 4.90 Å². The first-order valence-corrected chi connectivity index (χ1v) is 11.0. The van der Waals surface area contributed by atoms with Crippen LogP contribution in [0.1, 0.15) is 54.4 Å². The van der Waals surface area contributed by atoms with Gasteiger partial charge in [-0.25, -0.2) is 0 Å². The summed E-state index contributed by atoms with van der Waals surface area (Å²) in [5, 5.41) is 8.98. The molecule has 0 bridgehead atoms. The highest BCUT2D eigenvalue weighted by Gasteiger charge is 2.22. The third kappa shape index (κ3) is 4.57. The number of aryl methyl sites for hydroxylation is 1. The summed E-state index contributed by atoms with van der Waals surface area (Å²) in [6.07, 6.45) is 7.88. The zero-order chi connectivity index (χ0) is 19.2. The molecule has 0 unspecified atom stereocenters. The number of likely N-dealkylation sites (tertiary alicyclic amines) is 1. The summed E-state index contributed by atoms with van der Waals surface area (Å²) in [5.74, 6) is 0.595. The largest absolute Gasteiger partial charge is 0.371 e. The first-order chi connectivity index (χ1) is 13.2. The summed E-state index contributed by atoms with van der Waals surface area (Å²) in [4.78, 5) is 3.91. The van der Waals surface area contributed by atoms with Gasteiger partial charge in [-0.1, -0.05) is 31.2 Å². The number of thioether (sulfide) groups is 1. The van der Waals surface area contributed by atoms with Gasteiger partial charge >= 0.3 is 0 Å². The van der Waals surface area contributed by atoms with Gasteiger partial charge in [-0.3, -0.25) is 0 Å². The molecule has 0 radical (unpaired) electrons. The Morgan fingerprint density at radius 1 is 1.19 bits per heavy atom. The molecule has 1 fully saturated rings. The summed E-state index contributed by atoms with van der Waals surface area (Å²) in [6.45, 7) is 6.59. The van der Waals surface area contributed by atoms with Gasteiger partial charge in [0.1, 0.15) is 0 Å². The standard InChI is InChI=1S/C24H28N2S/c1-4-5-23(22-10-11-24(27-3)18(2)16-22)26-14-12-21(13-15-26)20-8-6-19(17-25)7-9-20/h5-11,16,21H,4,12-15H2,1-3H3. The number of benzene rings is 2. The van der Waals surface area contributed by atoms with Crippen LogP contribution in [0, 0.1) is 18.3 Å². The molecule has 0 saturated carbocycles. The molecule has 1 aliphatic rings. The van der Waals surface area contributed by atoms with Gasteiger partial charge in [0.2, 0.25) is 0 Å². The predicted octanol–water partition coefficient (Wildman–Crippen LogP) is 6.22. The van der Waals surface area contributed by atoms with Crippen LogP contribution < -0.4 is 0 Å². The number of allylic oxidation sites excluding steroid dienone is 1. The molecule has 1 heterocycles. The first-order valence-electron chi connectivity index (χ1n) is 9.76. The van der Waals surface area contributed by atoms with E-state index in [9.17, 15) is 0 Å². The monoisotopic (exact) mass is 376 g/mol. The maximum absolute atomic E-state index is 8.98. The Morgan fingerprint density at radius 2 is 1.89 bits per heavy atom. The second-order valence-electron chi connectivity index (χ2n) is 7.18. The fraction of sp³-hybridized carbons (Fsp3) is 0.375. The van der Waals surface area contributed by atoms with Crippen LogP contribution in [-0.2, 0) is 0 Å². The van der Waals surface area contributed by atoms with E-state index in [0.717, 1.165) is 37.9 Å². The Kier molecular flexibility index (Phi) is 6.63. The van der Waals surface area contributed by atoms with Gasteiger partial charge in [-0.05, 0) is 79.3 Å². The molecule has 0 atom stereocenters. The topological polar surface area (TPSA) is 27.0 Å². The van der Waals surface area contributed by atoms with Crippen molar-refractivity contribution in [2.75, 3.05) is 19.3 Å². The number of rotatable bonds is 5. The molecule has 140 valence electrons. The molecule has 0 aromatic heterocycles. The van der Waals surface area contributed by atoms with E-state index in [2.05, 4.69) is 67.5 Å². The van der Waals surface area contributed by atoms with Crippen molar-refractivity contribution in [2.45, 2.75) is 43.9 Å². The summed E-state index contributed by atoms with van der Waals surface area (Å²) in [6, 6.07) is 17.2. The second kappa shape index (κ2) is 9.15. The van der Waals surface area contributed by atoms with Gasteiger partial charge in [0.05, 0.1) is 11.6 Å². The summed E-state index contributed by atoms with van der Waals surface area (Å²) in [5.41, 5.74) is 6.19. The molecule has 0 spiro atoms. The van der Waals surface area contributed by atoms with Crippen LogP contribution in [0.3, 0.4) is 0 Å². The molecule has 3 heteroatoms. The van der Waals surface area contributed by atoms with Crippen LogP contribution in [0.25, 0.3) is 5.70 Å². The molecule has 27 heavy (non-hydrogen) atoms. The van der Waals surface area contributed by atoms with Crippen molar-refractivity contribution in [1.82, 2.24) is 4.90 Å². The molecule has 1 aliphatic heterocycles. The molecule has 1 saturated heterocycles. The molecule has 0 aliphatic carbocycles. The van der Waals surface area contributed by atoms with Crippen molar-refractivity contribution in [1.29, 1.82) is 5.26 Å². The average molecular weight is 377 g/mol. The fourth-order valence-electron chi connectivity index (χ4n) is 3.94. The van der Waals surface area contributed by atoms with Gasteiger partial charge in [-0.15, -0.1) is 11.8 Å². The molecular formula is C24H28N2S. The summed E-state index contributed by atoms with van der Waals surface area (Å²) >= 11 is 1.81. The van der Waals surface area contributed by atoms with E-state index < -0.39 is 0 Å². The Hall–Kier alpha value is -2.18. The number of nitriles is 1. The normalized spacial score (nSPS) is 15.6. The lowest BCUT2D eigenvalue weighted by atomic mass is 9.88. The second-order valence-corrected chi connectivity index (χ2v) is 8.03. The predicted molar refractivity (Wildman–Crippen MR) is 116 cm³/mol. The van der Waals surface area contributed by atoms with E-state index in [1.807, 2.05) is 23.9 Å². The highest BCUT2D eigenvalue weighted by atomic mass is 32.2. The lowest BCUT2D eigenvalue weighted by molar-refractivity contribution is 0.298. The smallest absolute Gasteiger partial charge is 0.0991 e. The Morgan fingerprint density at radius 3 is 2.44 bits per heavy atom. The molecule has 2 aromatic rings.